The molecule has 6 nitrogen and oxygen atoms in total. The normalized spacial score (nSPS) is 19.3. The van der Waals surface area contributed by atoms with Crippen LogP contribution in [-0.4, -0.2) is 19.2 Å². The van der Waals surface area contributed by atoms with Gasteiger partial charge in [-0.2, -0.15) is 0 Å². The molecular weight excluding hydrogens is 228 g/mol. The fraction of sp³-hybridized carbons (Fsp3) is 0.500. The predicted octanol–water partition coefficient (Wildman–Crippen LogP) is 1.25. The Bertz CT molecular complexity index is 602. The van der Waals surface area contributed by atoms with Gasteiger partial charge < -0.3 is 16.1 Å². The third-order valence-corrected chi connectivity index (χ3v) is 3.77. The molecule has 2 aliphatic rings. The number of nitrogen functional groups attached to an aromatic ring is 2. The highest BCUT2D eigenvalue weighted by atomic mass is 15.4. The second kappa shape index (κ2) is 3.28. The van der Waals surface area contributed by atoms with Crippen molar-refractivity contribution in [3.63, 3.8) is 0 Å². The number of hydrogen-bond donors (Lipinski definition) is 2. The first-order chi connectivity index (χ1) is 8.75. The van der Waals surface area contributed by atoms with E-state index in [1.54, 1.807) is 0 Å². The maximum absolute atomic E-state index is 6.08. The summed E-state index contributed by atoms with van der Waals surface area (Å²) >= 11 is 0. The summed E-state index contributed by atoms with van der Waals surface area (Å²) in [6, 6.07) is 0.564. The first kappa shape index (κ1) is 9.99. The lowest BCUT2D eigenvalue weighted by atomic mass is 10.3. The maximum Gasteiger partial charge on any atom is 0.152 e. The first-order valence-electron chi connectivity index (χ1n) is 6.41. The van der Waals surface area contributed by atoms with E-state index in [0.717, 1.165) is 30.1 Å². The van der Waals surface area contributed by atoms with Crippen LogP contribution in [-0.2, 0) is 0 Å². The monoisotopic (exact) mass is 244 g/mol. The molecule has 2 aromatic rings. The fourth-order valence-corrected chi connectivity index (χ4v) is 2.41. The third-order valence-electron chi connectivity index (χ3n) is 3.77. The lowest BCUT2D eigenvalue weighted by Crippen LogP contribution is -2.14. The van der Waals surface area contributed by atoms with Crippen molar-refractivity contribution in [1.29, 1.82) is 0 Å². The van der Waals surface area contributed by atoms with Gasteiger partial charge in [-0.1, -0.05) is 0 Å². The van der Waals surface area contributed by atoms with Crippen molar-refractivity contribution in [1.82, 2.24) is 19.2 Å². The van der Waals surface area contributed by atoms with Crippen LogP contribution in [0.3, 0.4) is 0 Å². The summed E-state index contributed by atoms with van der Waals surface area (Å²) in [6.45, 7) is 0. The van der Waals surface area contributed by atoms with Crippen LogP contribution in [0.15, 0.2) is 12.5 Å². The highest BCUT2D eigenvalue weighted by Gasteiger charge is 2.32. The number of rotatable bonds is 3. The van der Waals surface area contributed by atoms with E-state index < -0.39 is 0 Å². The lowest BCUT2D eigenvalue weighted by Gasteiger charge is -2.04. The van der Waals surface area contributed by atoms with Gasteiger partial charge in [-0.25, -0.2) is 14.6 Å². The second-order valence-electron chi connectivity index (χ2n) is 5.27. The van der Waals surface area contributed by atoms with Crippen LogP contribution in [0.4, 0.5) is 5.82 Å². The molecule has 6 heteroatoms. The molecular formula is C12H16N6. The van der Waals surface area contributed by atoms with E-state index in [0.29, 0.717) is 17.8 Å². The minimum atomic E-state index is 0.489. The Morgan fingerprint density at radius 3 is 2.67 bits per heavy atom. The van der Waals surface area contributed by atoms with Gasteiger partial charge in [0.15, 0.2) is 5.82 Å². The highest BCUT2D eigenvalue weighted by Crippen LogP contribution is 2.43. The fourth-order valence-electron chi connectivity index (χ4n) is 2.41. The van der Waals surface area contributed by atoms with Crippen LogP contribution < -0.4 is 11.6 Å². The molecule has 4 rings (SSSR count). The molecule has 4 N–H and O–H groups in total. The van der Waals surface area contributed by atoms with Crippen molar-refractivity contribution in [2.75, 3.05) is 11.6 Å². The van der Waals surface area contributed by atoms with E-state index in [-0.39, 0.29) is 0 Å². The van der Waals surface area contributed by atoms with Gasteiger partial charge in [0.05, 0.1) is 18.2 Å². The number of nitrogens with two attached hydrogens (primary N) is 2. The SMILES string of the molecule is Nc1c(-c2cncn2C2CC2)nc(C2CC2)n1N. The molecule has 0 spiro atoms. The highest BCUT2D eigenvalue weighted by molar-refractivity contribution is 5.68. The Kier molecular flexibility index (Phi) is 1.82. The zero-order chi connectivity index (χ0) is 12.3. The largest absolute Gasteiger partial charge is 0.382 e. The van der Waals surface area contributed by atoms with E-state index in [2.05, 4.69) is 14.5 Å². The Balaban J connectivity index is 1.83. The molecule has 0 aromatic carbocycles. The number of anilines is 1. The number of nitrogens with zero attached hydrogens (tertiary/aromatic N) is 4. The van der Waals surface area contributed by atoms with Crippen LogP contribution >= 0.6 is 0 Å². The molecule has 2 saturated carbocycles. The van der Waals surface area contributed by atoms with E-state index in [1.165, 1.54) is 17.5 Å². The Hall–Kier alpha value is -1.98. The Morgan fingerprint density at radius 2 is 2.00 bits per heavy atom. The third kappa shape index (κ3) is 1.35. The molecule has 18 heavy (non-hydrogen) atoms. The van der Waals surface area contributed by atoms with Gasteiger partial charge in [0.1, 0.15) is 11.5 Å². The van der Waals surface area contributed by atoms with Crippen molar-refractivity contribution < 1.29 is 0 Å². The van der Waals surface area contributed by atoms with Gasteiger partial charge in [-0.3, -0.25) is 0 Å². The minimum Gasteiger partial charge on any atom is -0.382 e. The van der Waals surface area contributed by atoms with Gasteiger partial charge >= 0.3 is 0 Å². The first-order valence-corrected chi connectivity index (χ1v) is 6.41. The average molecular weight is 244 g/mol. The summed E-state index contributed by atoms with van der Waals surface area (Å²) in [5.74, 6) is 7.93. The molecule has 0 atom stereocenters. The quantitative estimate of drug-likeness (QED) is 0.795. The molecule has 2 aromatic heterocycles. The predicted molar refractivity (Wildman–Crippen MR) is 68.3 cm³/mol. The molecule has 0 radical (unpaired) electrons. The van der Waals surface area contributed by atoms with Gasteiger partial charge in [-0.15, -0.1) is 0 Å². The van der Waals surface area contributed by atoms with Crippen LogP contribution in [0.1, 0.15) is 43.5 Å². The van der Waals surface area contributed by atoms with Gasteiger partial charge in [0.25, 0.3) is 0 Å². The zero-order valence-corrected chi connectivity index (χ0v) is 10.1. The van der Waals surface area contributed by atoms with Crippen molar-refractivity contribution in [3.8, 4) is 11.4 Å². The average Bonchev–Trinajstić information content (AvgIpc) is 3.28. The van der Waals surface area contributed by atoms with E-state index >= 15 is 0 Å². The summed E-state index contributed by atoms with van der Waals surface area (Å²) in [6.07, 6.45) is 8.43. The summed E-state index contributed by atoms with van der Waals surface area (Å²) in [7, 11) is 0. The second-order valence-corrected chi connectivity index (χ2v) is 5.27. The van der Waals surface area contributed by atoms with Crippen LogP contribution in [0.25, 0.3) is 11.4 Å². The minimum absolute atomic E-state index is 0.489. The maximum atomic E-state index is 6.08. The topological polar surface area (TPSA) is 87.7 Å². The number of imidazole rings is 2. The van der Waals surface area contributed by atoms with Crippen molar-refractivity contribution >= 4 is 5.82 Å². The van der Waals surface area contributed by atoms with E-state index in [9.17, 15) is 0 Å². The lowest BCUT2D eigenvalue weighted by molar-refractivity contribution is 0.746. The zero-order valence-electron chi connectivity index (χ0n) is 10.1. The van der Waals surface area contributed by atoms with Gasteiger partial charge in [0, 0.05) is 12.0 Å². The van der Waals surface area contributed by atoms with Gasteiger partial charge in [0.2, 0.25) is 0 Å². The Morgan fingerprint density at radius 1 is 1.22 bits per heavy atom. The smallest absolute Gasteiger partial charge is 0.152 e. The molecule has 0 unspecified atom stereocenters. The Labute approximate surface area is 105 Å². The van der Waals surface area contributed by atoms with Crippen molar-refractivity contribution in [2.24, 2.45) is 0 Å². The van der Waals surface area contributed by atoms with Crippen LogP contribution in [0.2, 0.25) is 0 Å². The molecule has 2 fully saturated rings. The summed E-state index contributed by atoms with van der Waals surface area (Å²) in [5, 5.41) is 0. The van der Waals surface area contributed by atoms with Crippen molar-refractivity contribution in [3.05, 3.63) is 18.3 Å². The summed E-state index contributed by atoms with van der Waals surface area (Å²) in [5.41, 5.74) is 7.85. The summed E-state index contributed by atoms with van der Waals surface area (Å²) in [4.78, 5) is 8.85. The molecule has 0 aliphatic heterocycles. The van der Waals surface area contributed by atoms with Crippen LogP contribution in [0.5, 0.6) is 0 Å². The molecule has 0 bridgehead atoms. The number of hydrogen-bond acceptors (Lipinski definition) is 4. The van der Waals surface area contributed by atoms with E-state index in [1.807, 2.05) is 12.5 Å². The number of aromatic nitrogens is 4. The molecule has 0 amide bonds. The molecule has 2 aliphatic carbocycles. The van der Waals surface area contributed by atoms with Crippen LogP contribution in [0, 0.1) is 0 Å². The molecule has 94 valence electrons. The standard InChI is InChI=1S/C12H16N6/c13-11-10(16-12(18(11)14)7-1-2-7)9-5-15-6-17(9)8-3-4-8/h5-8H,1-4,13-14H2. The molecule has 2 heterocycles. The molecule has 0 saturated heterocycles. The van der Waals surface area contributed by atoms with Gasteiger partial charge in [-0.05, 0) is 25.7 Å². The summed E-state index contributed by atoms with van der Waals surface area (Å²) < 4.78 is 3.70. The van der Waals surface area contributed by atoms with Crippen molar-refractivity contribution in [2.45, 2.75) is 37.6 Å². The van der Waals surface area contributed by atoms with E-state index in [4.69, 9.17) is 11.6 Å².